The predicted octanol–water partition coefficient (Wildman–Crippen LogP) is 1.67. The Kier molecular flexibility index (Phi) is 5.90. The highest BCUT2D eigenvalue weighted by Crippen LogP contribution is 2.25. The van der Waals surface area contributed by atoms with Crippen LogP contribution < -0.4 is 0 Å². The molecule has 1 heterocycles. The van der Waals surface area contributed by atoms with Crippen LogP contribution in [0.1, 0.15) is 40.5 Å². The number of halogens is 1. The molecule has 0 unspecified atom stereocenters. The van der Waals surface area contributed by atoms with Crippen molar-refractivity contribution < 1.29 is 19.5 Å². The van der Waals surface area contributed by atoms with Gasteiger partial charge in [0, 0.05) is 17.6 Å². The van der Waals surface area contributed by atoms with E-state index in [1.54, 1.807) is 18.2 Å². The van der Waals surface area contributed by atoms with Gasteiger partial charge in [-0.1, -0.05) is 29.3 Å². The Balaban J connectivity index is 2.12. The standard InChI is InChI=1S/C16H19BrN2O4/c1-2-3-6-18(7-8-20)14(21)10-19-15(22)12-5-4-11(17)9-13(12)16(19)23/h4-5,9,20H,2-3,6-8,10H2,1H3. The highest BCUT2D eigenvalue weighted by molar-refractivity contribution is 9.10. The van der Waals surface area contributed by atoms with Crippen molar-refractivity contribution >= 4 is 33.7 Å². The van der Waals surface area contributed by atoms with Gasteiger partial charge in [-0.15, -0.1) is 0 Å². The number of carbonyl (C=O) groups excluding carboxylic acids is 3. The van der Waals surface area contributed by atoms with Crippen molar-refractivity contribution in [1.82, 2.24) is 9.80 Å². The number of fused-ring (bicyclic) bond motifs is 1. The van der Waals surface area contributed by atoms with Gasteiger partial charge >= 0.3 is 0 Å². The second-order valence-corrected chi connectivity index (χ2v) is 6.26. The Hall–Kier alpha value is -1.73. The largest absolute Gasteiger partial charge is 0.395 e. The molecule has 0 aliphatic carbocycles. The lowest BCUT2D eigenvalue weighted by Gasteiger charge is -2.24. The first-order valence-corrected chi connectivity index (χ1v) is 8.33. The minimum atomic E-state index is -0.459. The molecule has 0 saturated heterocycles. The summed E-state index contributed by atoms with van der Waals surface area (Å²) in [6, 6.07) is 4.85. The first-order valence-electron chi connectivity index (χ1n) is 7.54. The Morgan fingerprint density at radius 3 is 2.57 bits per heavy atom. The molecule has 0 saturated carbocycles. The van der Waals surface area contributed by atoms with Crippen LogP contribution in [0.25, 0.3) is 0 Å². The van der Waals surface area contributed by atoms with Crippen LogP contribution in [0.3, 0.4) is 0 Å². The minimum Gasteiger partial charge on any atom is -0.395 e. The molecule has 3 amide bonds. The van der Waals surface area contributed by atoms with Crippen LogP contribution in [0.2, 0.25) is 0 Å². The van der Waals surface area contributed by atoms with Crippen molar-refractivity contribution in [2.45, 2.75) is 19.8 Å². The molecule has 7 heteroatoms. The highest BCUT2D eigenvalue weighted by atomic mass is 79.9. The van der Waals surface area contributed by atoms with E-state index in [0.29, 0.717) is 22.1 Å². The Morgan fingerprint density at radius 1 is 1.22 bits per heavy atom. The number of rotatable bonds is 7. The second-order valence-electron chi connectivity index (χ2n) is 5.34. The summed E-state index contributed by atoms with van der Waals surface area (Å²) in [6.45, 7) is 2.26. The van der Waals surface area contributed by atoms with Crippen LogP contribution in [0, 0.1) is 0 Å². The lowest BCUT2D eigenvalue weighted by molar-refractivity contribution is -0.132. The van der Waals surface area contributed by atoms with Crippen LogP contribution in [0.4, 0.5) is 0 Å². The maximum absolute atomic E-state index is 12.4. The van der Waals surface area contributed by atoms with E-state index in [0.717, 1.165) is 17.7 Å². The van der Waals surface area contributed by atoms with E-state index in [9.17, 15) is 14.4 Å². The summed E-state index contributed by atoms with van der Waals surface area (Å²) in [4.78, 5) is 39.5. The molecule has 0 atom stereocenters. The van der Waals surface area contributed by atoms with Crippen LogP contribution in [0.15, 0.2) is 22.7 Å². The zero-order chi connectivity index (χ0) is 17.0. The highest BCUT2D eigenvalue weighted by Gasteiger charge is 2.37. The van der Waals surface area contributed by atoms with Gasteiger partial charge in [-0.05, 0) is 24.6 Å². The molecule has 1 aromatic rings. The van der Waals surface area contributed by atoms with Gasteiger partial charge in [-0.25, -0.2) is 0 Å². The fourth-order valence-corrected chi connectivity index (χ4v) is 2.83. The zero-order valence-corrected chi connectivity index (χ0v) is 14.5. The summed E-state index contributed by atoms with van der Waals surface area (Å²) in [5.74, 6) is -1.24. The number of imide groups is 1. The van der Waals surface area contributed by atoms with Crippen molar-refractivity contribution in [2.24, 2.45) is 0 Å². The molecule has 6 nitrogen and oxygen atoms in total. The van der Waals surface area contributed by atoms with Crippen molar-refractivity contribution in [3.63, 3.8) is 0 Å². The second kappa shape index (κ2) is 7.70. The van der Waals surface area contributed by atoms with Gasteiger partial charge in [0.15, 0.2) is 0 Å². The molecule has 1 N–H and O–H groups in total. The number of nitrogens with zero attached hydrogens (tertiary/aromatic N) is 2. The number of hydrogen-bond acceptors (Lipinski definition) is 4. The van der Waals surface area contributed by atoms with Gasteiger partial charge in [-0.2, -0.15) is 0 Å². The van der Waals surface area contributed by atoms with Gasteiger partial charge in [0.25, 0.3) is 11.8 Å². The van der Waals surface area contributed by atoms with Crippen LogP contribution >= 0.6 is 15.9 Å². The maximum Gasteiger partial charge on any atom is 0.262 e. The monoisotopic (exact) mass is 382 g/mol. The summed E-state index contributed by atoms with van der Waals surface area (Å²) < 4.78 is 0.704. The fraction of sp³-hybridized carbons (Fsp3) is 0.438. The van der Waals surface area contributed by atoms with E-state index in [1.807, 2.05) is 6.92 Å². The van der Waals surface area contributed by atoms with Gasteiger partial charge in [-0.3, -0.25) is 19.3 Å². The summed E-state index contributed by atoms with van der Waals surface area (Å²) in [5, 5.41) is 9.08. The average Bonchev–Trinajstić information content (AvgIpc) is 2.76. The lowest BCUT2D eigenvalue weighted by atomic mass is 10.1. The van der Waals surface area contributed by atoms with Gasteiger partial charge in [0.2, 0.25) is 5.91 Å². The normalized spacial score (nSPS) is 13.4. The molecule has 0 fully saturated rings. The molecular weight excluding hydrogens is 364 g/mol. The fourth-order valence-electron chi connectivity index (χ4n) is 2.47. The van der Waals surface area contributed by atoms with E-state index in [4.69, 9.17) is 5.11 Å². The van der Waals surface area contributed by atoms with E-state index in [2.05, 4.69) is 15.9 Å². The summed E-state index contributed by atoms with van der Waals surface area (Å²) in [5.41, 5.74) is 0.618. The van der Waals surface area contributed by atoms with Crippen LogP contribution in [0.5, 0.6) is 0 Å². The van der Waals surface area contributed by atoms with Gasteiger partial charge in [0.1, 0.15) is 6.54 Å². The maximum atomic E-state index is 12.4. The van der Waals surface area contributed by atoms with E-state index >= 15 is 0 Å². The van der Waals surface area contributed by atoms with E-state index in [-0.39, 0.29) is 25.6 Å². The molecule has 0 bridgehead atoms. The summed E-state index contributed by atoms with van der Waals surface area (Å²) in [7, 11) is 0. The van der Waals surface area contributed by atoms with Crippen molar-refractivity contribution in [1.29, 1.82) is 0 Å². The number of carbonyl (C=O) groups is 3. The van der Waals surface area contributed by atoms with Crippen LogP contribution in [-0.2, 0) is 4.79 Å². The molecule has 2 rings (SSSR count). The number of unbranched alkanes of at least 4 members (excludes halogenated alkanes) is 1. The third-order valence-corrected chi connectivity index (χ3v) is 4.22. The summed E-state index contributed by atoms with van der Waals surface area (Å²) >= 11 is 3.27. The molecular formula is C16H19BrN2O4. The van der Waals surface area contributed by atoms with Crippen molar-refractivity contribution in [3.8, 4) is 0 Å². The average molecular weight is 383 g/mol. The number of hydrogen-bond donors (Lipinski definition) is 1. The third kappa shape index (κ3) is 3.79. The quantitative estimate of drug-likeness (QED) is 0.727. The molecule has 23 heavy (non-hydrogen) atoms. The van der Waals surface area contributed by atoms with E-state index in [1.165, 1.54) is 4.90 Å². The number of benzene rings is 1. The smallest absolute Gasteiger partial charge is 0.262 e. The number of amides is 3. The molecule has 124 valence electrons. The molecule has 1 aliphatic rings. The Morgan fingerprint density at radius 2 is 1.91 bits per heavy atom. The third-order valence-electron chi connectivity index (χ3n) is 3.73. The van der Waals surface area contributed by atoms with Crippen LogP contribution in [-0.4, -0.2) is 58.9 Å². The molecule has 0 radical (unpaired) electrons. The lowest BCUT2D eigenvalue weighted by Crippen LogP contribution is -2.44. The summed E-state index contributed by atoms with van der Waals surface area (Å²) in [6.07, 6.45) is 1.72. The van der Waals surface area contributed by atoms with Crippen molar-refractivity contribution in [3.05, 3.63) is 33.8 Å². The predicted molar refractivity (Wildman–Crippen MR) is 88.1 cm³/mol. The van der Waals surface area contributed by atoms with Crippen molar-refractivity contribution in [2.75, 3.05) is 26.2 Å². The zero-order valence-electron chi connectivity index (χ0n) is 12.9. The number of aliphatic hydroxyl groups excluding tert-OH is 1. The minimum absolute atomic E-state index is 0.148. The van der Waals surface area contributed by atoms with E-state index < -0.39 is 11.8 Å². The van der Waals surface area contributed by atoms with Gasteiger partial charge in [0.05, 0.1) is 17.7 Å². The first-order chi connectivity index (χ1) is 11.0. The molecule has 1 aliphatic heterocycles. The number of aliphatic hydroxyl groups is 1. The Bertz CT molecular complexity index is 633. The SMILES string of the molecule is CCCCN(CCO)C(=O)CN1C(=O)c2ccc(Br)cc2C1=O. The molecule has 0 aromatic heterocycles. The molecule has 1 aromatic carbocycles. The topological polar surface area (TPSA) is 77.9 Å². The first kappa shape index (κ1) is 17.6. The van der Waals surface area contributed by atoms with Gasteiger partial charge < -0.3 is 10.0 Å². The molecule has 0 spiro atoms. The Labute approximate surface area is 143 Å².